The number of benzene rings is 3. The van der Waals surface area contributed by atoms with Crippen molar-refractivity contribution in [2.24, 2.45) is 0 Å². The molecule has 1 N–H and O–H groups in total. The second-order valence-corrected chi connectivity index (χ2v) is 9.50. The zero-order chi connectivity index (χ0) is 27.2. The van der Waals surface area contributed by atoms with Gasteiger partial charge in [-0.15, -0.1) is 24.8 Å². The lowest BCUT2D eigenvalue weighted by Crippen LogP contribution is -2.29. The zero-order valence-electron chi connectivity index (χ0n) is 22.1. The Kier molecular flexibility index (Phi) is 11.0. The first kappa shape index (κ1) is 31.7. The Morgan fingerprint density at radius 1 is 0.854 bits per heavy atom. The topological polar surface area (TPSA) is 45.2 Å². The van der Waals surface area contributed by atoms with Crippen molar-refractivity contribution in [3.05, 3.63) is 120 Å². The van der Waals surface area contributed by atoms with E-state index in [0.717, 1.165) is 47.2 Å². The monoisotopic (exact) mass is 599 g/mol. The minimum atomic E-state index is -4.41. The van der Waals surface area contributed by atoms with Crippen LogP contribution in [0.1, 0.15) is 36.0 Å². The first-order valence-corrected chi connectivity index (χ1v) is 12.9. The maximum atomic E-state index is 13.2. The summed E-state index contributed by atoms with van der Waals surface area (Å²) in [5, 5.41) is 4.69. The molecule has 5 rings (SSSR count). The standard InChI is InChI=1S/C32H28F3N3O.2ClH/c33-32(34,35)26-14-10-23(11-15-26)28(24-12-16-27(17-13-24)38-20-2-1-3-21-38)7-5-9-31(39)37-30-8-4-6-25-22-36-19-18-29(25)30;;/h4-19,22H,1-3,20-21H2,(H,37,39);2*1H/b9-5+,28-7-;;. The Hall–Kier alpha value is -3.81. The Labute approximate surface area is 249 Å². The van der Waals surface area contributed by atoms with Crippen LogP contribution in [0.2, 0.25) is 0 Å². The second-order valence-electron chi connectivity index (χ2n) is 9.50. The van der Waals surface area contributed by atoms with Gasteiger partial charge in [0.15, 0.2) is 0 Å². The van der Waals surface area contributed by atoms with Crippen LogP contribution in [0.3, 0.4) is 0 Å². The predicted octanol–water partition coefficient (Wildman–Crippen LogP) is 8.71. The van der Waals surface area contributed by atoms with E-state index in [1.54, 1.807) is 24.5 Å². The molecule has 0 spiro atoms. The van der Waals surface area contributed by atoms with Gasteiger partial charge in [0.1, 0.15) is 0 Å². The normalized spacial score (nSPS) is 13.9. The average molecular weight is 601 g/mol. The number of fused-ring (bicyclic) bond motifs is 1. The molecule has 1 aliphatic rings. The van der Waals surface area contributed by atoms with Crippen LogP contribution < -0.4 is 10.2 Å². The van der Waals surface area contributed by atoms with Crippen LogP contribution in [0, 0.1) is 0 Å². The lowest BCUT2D eigenvalue weighted by atomic mass is 9.96. The molecule has 9 heteroatoms. The molecule has 0 aliphatic carbocycles. The fraction of sp³-hybridized carbons (Fsp3) is 0.188. The predicted molar refractivity (Wildman–Crippen MR) is 165 cm³/mol. The van der Waals surface area contributed by atoms with Gasteiger partial charge in [-0.1, -0.05) is 48.6 Å². The van der Waals surface area contributed by atoms with E-state index in [9.17, 15) is 18.0 Å². The van der Waals surface area contributed by atoms with E-state index < -0.39 is 11.7 Å². The number of pyridine rings is 1. The summed E-state index contributed by atoms with van der Waals surface area (Å²) in [4.78, 5) is 19.2. The third kappa shape index (κ3) is 7.90. The minimum Gasteiger partial charge on any atom is -0.372 e. The SMILES string of the molecule is Cl.Cl.O=C(/C=C/C=C(\c1ccc(N2CCCCC2)cc1)c1ccc(C(F)(F)F)cc1)Nc1cccc2cnccc12. The number of piperidine rings is 1. The number of nitrogens with one attached hydrogen (secondary N) is 1. The third-order valence-electron chi connectivity index (χ3n) is 6.87. The summed E-state index contributed by atoms with van der Waals surface area (Å²) < 4.78 is 39.5. The second kappa shape index (κ2) is 14.2. The van der Waals surface area contributed by atoms with Crippen LogP contribution in [-0.2, 0) is 11.0 Å². The van der Waals surface area contributed by atoms with Gasteiger partial charge in [-0.3, -0.25) is 9.78 Å². The van der Waals surface area contributed by atoms with Crippen molar-refractivity contribution in [2.45, 2.75) is 25.4 Å². The Morgan fingerprint density at radius 3 is 2.17 bits per heavy atom. The molecule has 0 saturated carbocycles. The Morgan fingerprint density at radius 2 is 1.51 bits per heavy atom. The lowest BCUT2D eigenvalue weighted by molar-refractivity contribution is -0.137. The number of nitrogens with zero attached hydrogens (tertiary/aromatic N) is 2. The van der Waals surface area contributed by atoms with Crippen LogP contribution in [-0.4, -0.2) is 24.0 Å². The quantitative estimate of drug-likeness (QED) is 0.178. The summed E-state index contributed by atoms with van der Waals surface area (Å²) in [5.74, 6) is -0.317. The highest BCUT2D eigenvalue weighted by Gasteiger charge is 2.30. The van der Waals surface area contributed by atoms with Crippen LogP contribution in [0.25, 0.3) is 16.3 Å². The summed E-state index contributed by atoms with van der Waals surface area (Å²) >= 11 is 0. The molecule has 0 unspecified atom stereocenters. The van der Waals surface area contributed by atoms with Crippen molar-refractivity contribution >= 4 is 58.4 Å². The van der Waals surface area contributed by atoms with Gasteiger partial charge >= 0.3 is 6.18 Å². The molecule has 1 aromatic heterocycles. The molecule has 0 radical (unpaired) electrons. The van der Waals surface area contributed by atoms with Crippen molar-refractivity contribution in [2.75, 3.05) is 23.3 Å². The highest BCUT2D eigenvalue weighted by atomic mass is 35.5. The molecule has 3 aromatic carbocycles. The van der Waals surface area contributed by atoms with E-state index in [1.165, 1.54) is 37.5 Å². The van der Waals surface area contributed by atoms with Gasteiger partial charge in [0.2, 0.25) is 5.91 Å². The summed E-state index contributed by atoms with van der Waals surface area (Å²) in [7, 11) is 0. The molecule has 1 amide bonds. The van der Waals surface area contributed by atoms with Crippen molar-refractivity contribution < 1.29 is 18.0 Å². The molecule has 1 saturated heterocycles. The van der Waals surface area contributed by atoms with Crippen LogP contribution in [0.5, 0.6) is 0 Å². The average Bonchev–Trinajstić information content (AvgIpc) is 2.96. The molecule has 0 atom stereocenters. The largest absolute Gasteiger partial charge is 0.416 e. The highest BCUT2D eigenvalue weighted by Crippen LogP contribution is 2.32. The molecular formula is C32H30Cl2F3N3O. The van der Waals surface area contributed by atoms with Gasteiger partial charge in [-0.25, -0.2) is 0 Å². The van der Waals surface area contributed by atoms with E-state index in [-0.39, 0.29) is 30.7 Å². The van der Waals surface area contributed by atoms with E-state index >= 15 is 0 Å². The van der Waals surface area contributed by atoms with Gasteiger partial charge in [-0.2, -0.15) is 13.2 Å². The fourth-order valence-electron chi connectivity index (χ4n) is 4.84. The molecule has 1 aliphatic heterocycles. The molecular weight excluding hydrogens is 570 g/mol. The number of halogens is 5. The number of amides is 1. The smallest absolute Gasteiger partial charge is 0.372 e. The molecule has 214 valence electrons. The van der Waals surface area contributed by atoms with Crippen molar-refractivity contribution in [1.82, 2.24) is 4.98 Å². The molecule has 4 nitrogen and oxygen atoms in total. The van der Waals surface area contributed by atoms with Crippen LogP contribution in [0.15, 0.2) is 103 Å². The van der Waals surface area contributed by atoms with Crippen molar-refractivity contribution in [3.8, 4) is 0 Å². The molecule has 0 bridgehead atoms. The van der Waals surface area contributed by atoms with E-state index in [1.807, 2.05) is 48.5 Å². The van der Waals surface area contributed by atoms with Gasteiger partial charge in [0.25, 0.3) is 0 Å². The number of rotatable bonds is 6. The van der Waals surface area contributed by atoms with Crippen LogP contribution in [0.4, 0.5) is 24.5 Å². The minimum absolute atomic E-state index is 0. The van der Waals surface area contributed by atoms with Gasteiger partial charge in [0.05, 0.1) is 5.56 Å². The third-order valence-corrected chi connectivity index (χ3v) is 6.87. The van der Waals surface area contributed by atoms with Gasteiger partial charge in [-0.05, 0) is 72.4 Å². The maximum Gasteiger partial charge on any atom is 0.416 e. The number of carbonyl (C=O) groups is 1. The summed E-state index contributed by atoms with van der Waals surface area (Å²) in [6.07, 6.45) is 7.36. The number of alkyl halides is 3. The van der Waals surface area contributed by atoms with E-state index in [0.29, 0.717) is 16.8 Å². The van der Waals surface area contributed by atoms with Gasteiger partial charge < -0.3 is 10.2 Å². The summed E-state index contributed by atoms with van der Waals surface area (Å²) in [5.41, 5.74) is 3.29. The number of allylic oxidation sites excluding steroid dienone is 2. The summed E-state index contributed by atoms with van der Waals surface area (Å²) in [6.45, 7) is 2.04. The number of hydrogen-bond donors (Lipinski definition) is 1. The first-order valence-electron chi connectivity index (χ1n) is 12.9. The summed E-state index contributed by atoms with van der Waals surface area (Å²) in [6, 6.07) is 20.6. The molecule has 2 heterocycles. The first-order chi connectivity index (χ1) is 18.9. The number of anilines is 2. The fourth-order valence-corrected chi connectivity index (χ4v) is 4.84. The Bertz CT molecular complexity index is 1510. The van der Waals surface area contributed by atoms with Crippen LogP contribution >= 0.6 is 24.8 Å². The zero-order valence-corrected chi connectivity index (χ0v) is 23.7. The van der Waals surface area contributed by atoms with E-state index in [2.05, 4.69) is 15.2 Å². The molecule has 4 aromatic rings. The molecule has 41 heavy (non-hydrogen) atoms. The maximum absolute atomic E-state index is 13.2. The van der Waals surface area contributed by atoms with Crippen molar-refractivity contribution in [1.29, 1.82) is 0 Å². The molecule has 1 fully saturated rings. The van der Waals surface area contributed by atoms with Gasteiger partial charge in [0, 0.05) is 53.7 Å². The van der Waals surface area contributed by atoms with Crippen molar-refractivity contribution in [3.63, 3.8) is 0 Å². The van der Waals surface area contributed by atoms with E-state index in [4.69, 9.17) is 0 Å². The highest BCUT2D eigenvalue weighted by molar-refractivity contribution is 6.06. The lowest BCUT2D eigenvalue weighted by Gasteiger charge is -2.29. The number of aromatic nitrogens is 1. The Balaban J connectivity index is 0.00000231. The number of carbonyl (C=O) groups excluding carboxylic acids is 1. The number of hydrogen-bond acceptors (Lipinski definition) is 3.